The number of hydrogen-bond donors (Lipinski definition) is 3. The van der Waals surface area contributed by atoms with E-state index in [1.807, 2.05) is 0 Å². The first-order valence-corrected chi connectivity index (χ1v) is 11.4. The van der Waals surface area contributed by atoms with Gasteiger partial charge in [0.15, 0.2) is 0 Å². The molecule has 0 aromatic carbocycles. The molecule has 0 amide bonds. The standard InChI is InChI=1S/C22H34O15/c1-15(37-22(31)7-4-19(27)28)12-36-16(13-32-8-10-34-20(29)5-2-17(23)24)14-33-9-11-35-21(30)6-3-18(25)26/h15-16H,2-14H2,1H3,(H,23,24)(H,25,26)(H,27,28). The largest absolute Gasteiger partial charge is 0.481 e. The van der Waals surface area contributed by atoms with E-state index in [-0.39, 0.29) is 84.8 Å². The molecule has 15 nitrogen and oxygen atoms in total. The Kier molecular flexibility index (Phi) is 19.0. The van der Waals surface area contributed by atoms with Gasteiger partial charge in [-0.1, -0.05) is 0 Å². The van der Waals surface area contributed by atoms with Crippen molar-refractivity contribution in [1.82, 2.24) is 0 Å². The molecular formula is C22H34O15. The Morgan fingerprint density at radius 2 is 0.973 bits per heavy atom. The molecule has 0 aliphatic rings. The van der Waals surface area contributed by atoms with Gasteiger partial charge in [-0.2, -0.15) is 0 Å². The van der Waals surface area contributed by atoms with Crippen LogP contribution in [-0.2, 0) is 57.2 Å². The van der Waals surface area contributed by atoms with Gasteiger partial charge in [-0.3, -0.25) is 28.8 Å². The topological polar surface area (TPSA) is 218 Å². The van der Waals surface area contributed by atoms with Crippen LogP contribution in [0.25, 0.3) is 0 Å². The molecule has 0 spiro atoms. The van der Waals surface area contributed by atoms with E-state index in [9.17, 15) is 28.8 Å². The van der Waals surface area contributed by atoms with Gasteiger partial charge in [0.1, 0.15) is 25.4 Å². The van der Waals surface area contributed by atoms with Crippen molar-refractivity contribution in [2.45, 2.75) is 57.7 Å². The molecule has 0 fully saturated rings. The van der Waals surface area contributed by atoms with Crippen LogP contribution in [-0.4, -0.2) is 110 Å². The van der Waals surface area contributed by atoms with Crippen LogP contribution in [0.2, 0.25) is 0 Å². The number of carbonyl (C=O) groups is 6. The second kappa shape index (κ2) is 20.8. The van der Waals surface area contributed by atoms with Gasteiger partial charge in [0.25, 0.3) is 0 Å². The van der Waals surface area contributed by atoms with Crippen molar-refractivity contribution in [3.63, 3.8) is 0 Å². The van der Waals surface area contributed by atoms with Crippen molar-refractivity contribution in [3.05, 3.63) is 0 Å². The average Bonchev–Trinajstić information content (AvgIpc) is 2.82. The number of rotatable bonds is 23. The summed E-state index contributed by atoms with van der Waals surface area (Å²) >= 11 is 0. The molecule has 212 valence electrons. The molecular weight excluding hydrogens is 504 g/mol. The molecule has 0 aliphatic carbocycles. The molecule has 1 unspecified atom stereocenters. The molecule has 0 saturated carbocycles. The monoisotopic (exact) mass is 538 g/mol. The molecule has 0 heterocycles. The fourth-order valence-corrected chi connectivity index (χ4v) is 2.36. The van der Waals surface area contributed by atoms with E-state index >= 15 is 0 Å². The van der Waals surface area contributed by atoms with E-state index in [4.69, 9.17) is 43.7 Å². The highest BCUT2D eigenvalue weighted by Gasteiger charge is 2.16. The zero-order valence-corrected chi connectivity index (χ0v) is 20.6. The van der Waals surface area contributed by atoms with Crippen LogP contribution in [0.4, 0.5) is 0 Å². The minimum atomic E-state index is -1.13. The van der Waals surface area contributed by atoms with Gasteiger partial charge in [-0.15, -0.1) is 0 Å². The van der Waals surface area contributed by atoms with E-state index in [1.54, 1.807) is 6.92 Å². The van der Waals surface area contributed by atoms with Crippen molar-refractivity contribution in [2.24, 2.45) is 0 Å². The Balaban J connectivity index is 4.42. The first kappa shape index (κ1) is 33.7. The van der Waals surface area contributed by atoms with Gasteiger partial charge in [-0.05, 0) is 6.92 Å². The van der Waals surface area contributed by atoms with Crippen molar-refractivity contribution in [3.8, 4) is 0 Å². The van der Waals surface area contributed by atoms with Crippen molar-refractivity contribution in [1.29, 1.82) is 0 Å². The third kappa shape index (κ3) is 22.9. The molecule has 0 radical (unpaired) electrons. The summed E-state index contributed by atoms with van der Waals surface area (Å²) in [6, 6.07) is 0. The summed E-state index contributed by atoms with van der Waals surface area (Å²) in [6.45, 7) is 1.18. The summed E-state index contributed by atoms with van der Waals surface area (Å²) in [4.78, 5) is 65.8. The van der Waals surface area contributed by atoms with Gasteiger partial charge in [0, 0.05) is 0 Å². The Labute approximate surface area is 212 Å². The first-order valence-electron chi connectivity index (χ1n) is 11.4. The summed E-state index contributed by atoms with van der Waals surface area (Å²) < 4.78 is 31.1. The van der Waals surface area contributed by atoms with Gasteiger partial charge < -0.3 is 43.7 Å². The normalized spacial score (nSPS) is 11.5. The minimum Gasteiger partial charge on any atom is -0.481 e. The van der Waals surface area contributed by atoms with Crippen molar-refractivity contribution in [2.75, 3.05) is 46.2 Å². The molecule has 37 heavy (non-hydrogen) atoms. The fraction of sp³-hybridized carbons (Fsp3) is 0.727. The number of carbonyl (C=O) groups excluding carboxylic acids is 3. The maximum absolute atomic E-state index is 11.6. The lowest BCUT2D eigenvalue weighted by Gasteiger charge is -2.21. The van der Waals surface area contributed by atoms with Crippen LogP contribution >= 0.6 is 0 Å². The first-order chi connectivity index (χ1) is 17.5. The number of aliphatic carboxylic acids is 3. The lowest BCUT2D eigenvalue weighted by molar-refractivity contribution is -0.157. The molecule has 3 N–H and O–H groups in total. The Morgan fingerprint density at radius 3 is 1.38 bits per heavy atom. The third-order valence-electron chi connectivity index (χ3n) is 4.12. The summed E-state index contributed by atoms with van der Waals surface area (Å²) in [5.74, 6) is -5.43. The summed E-state index contributed by atoms with van der Waals surface area (Å²) in [6.07, 6.45) is -3.25. The highest BCUT2D eigenvalue weighted by atomic mass is 16.6. The van der Waals surface area contributed by atoms with Crippen molar-refractivity contribution < 1.29 is 72.5 Å². The lowest BCUT2D eigenvalue weighted by Crippen LogP contribution is -2.31. The zero-order valence-electron chi connectivity index (χ0n) is 20.6. The molecule has 0 aromatic rings. The SMILES string of the molecule is CC(COC(COCCOC(=O)CCC(=O)O)COCCOC(=O)CCC(=O)O)OC(=O)CCC(=O)O. The van der Waals surface area contributed by atoms with Crippen LogP contribution in [0.5, 0.6) is 0 Å². The van der Waals surface area contributed by atoms with Crippen LogP contribution in [0, 0.1) is 0 Å². The van der Waals surface area contributed by atoms with E-state index in [0.717, 1.165) is 0 Å². The molecule has 0 saturated heterocycles. The zero-order chi connectivity index (χ0) is 28.1. The highest BCUT2D eigenvalue weighted by Crippen LogP contribution is 2.03. The van der Waals surface area contributed by atoms with Crippen LogP contribution < -0.4 is 0 Å². The summed E-state index contributed by atoms with van der Waals surface area (Å²) in [5, 5.41) is 25.7. The average molecular weight is 538 g/mol. The molecule has 1 atom stereocenters. The van der Waals surface area contributed by atoms with Gasteiger partial charge in [-0.25, -0.2) is 0 Å². The summed E-state index contributed by atoms with van der Waals surface area (Å²) in [5.41, 5.74) is 0. The van der Waals surface area contributed by atoms with Crippen LogP contribution in [0.1, 0.15) is 45.4 Å². The number of hydrogen-bond acceptors (Lipinski definition) is 12. The maximum Gasteiger partial charge on any atom is 0.306 e. The van der Waals surface area contributed by atoms with E-state index < -0.39 is 48.0 Å². The number of esters is 3. The van der Waals surface area contributed by atoms with Crippen molar-refractivity contribution >= 4 is 35.8 Å². The molecule has 0 aromatic heterocycles. The highest BCUT2D eigenvalue weighted by molar-refractivity contribution is 5.77. The Bertz CT molecular complexity index is 696. The number of carboxylic acids is 3. The van der Waals surface area contributed by atoms with Crippen LogP contribution in [0.3, 0.4) is 0 Å². The Morgan fingerprint density at radius 1 is 0.568 bits per heavy atom. The number of ether oxygens (including phenoxy) is 6. The predicted octanol–water partition coefficient (Wildman–Crippen LogP) is 0.0173. The van der Waals surface area contributed by atoms with E-state index in [2.05, 4.69) is 0 Å². The maximum atomic E-state index is 11.6. The predicted molar refractivity (Wildman–Crippen MR) is 119 cm³/mol. The molecule has 0 bridgehead atoms. The van der Waals surface area contributed by atoms with Gasteiger partial charge in [0.05, 0.1) is 71.6 Å². The van der Waals surface area contributed by atoms with E-state index in [0.29, 0.717) is 0 Å². The second-order valence-corrected chi connectivity index (χ2v) is 7.53. The Hall–Kier alpha value is -3.30. The second-order valence-electron chi connectivity index (χ2n) is 7.53. The smallest absolute Gasteiger partial charge is 0.306 e. The van der Waals surface area contributed by atoms with Gasteiger partial charge >= 0.3 is 35.8 Å². The molecule has 0 rings (SSSR count). The lowest BCUT2D eigenvalue weighted by atomic mass is 10.3. The molecule has 15 heteroatoms. The minimum absolute atomic E-state index is 0.0143. The quantitative estimate of drug-likeness (QED) is 0.0886. The summed E-state index contributed by atoms with van der Waals surface area (Å²) in [7, 11) is 0. The van der Waals surface area contributed by atoms with E-state index in [1.165, 1.54) is 0 Å². The van der Waals surface area contributed by atoms with Crippen LogP contribution in [0.15, 0.2) is 0 Å². The fourth-order valence-electron chi connectivity index (χ4n) is 2.36. The van der Waals surface area contributed by atoms with Gasteiger partial charge in [0.2, 0.25) is 0 Å². The molecule has 0 aliphatic heterocycles. The number of carboxylic acid groups (broad SMARTS) is 3. The third-order valence-corrected chi connectivity index (χ3v) is 4.12.